The van der Waals surface area contributed by atoms with Crippen molar-refractivity contribution in [1.82, 2.24) is 4.90 Å². The highest BCUT2D eigenvalue weighted by Crippen LogP contribution is 2.24. The standard InChI is InChI=1S/C14H28N2O2/c1-2-5-12-7-10-16(11-8-12)13(14(17)18)6-3-4-9-15/h12-13H,2-11,15H2,1H3,(H,17,18). The number of rotatable bonds is 8. The number of piperidine rings is 1. The first kappa shape index (κ1) is 15.4. The van der Waals surface area contributed by atoms with Crippen molar-refractivity contribution in [3.05, 3.63) is 0 Å². The molecule has 0 spiro atoms. The highest BCUT2D eigenvalue weighted by Gasteiger charge is 2.28. The van der Waals surface area contributed by atoms with E-state index in [0.29, 0.717) is 6.54 Å². The van der Waals surface area contributed by atoms with E-state index < -0.39 is 5.97 Å². The number of nitrogens with two attached hydrogens (primary N) is 1. The van der Waals surface area contributed by atoms with E-state index in [1.807, 2.05) is 0 Å². The van der Waals surface area contributed by atoms with Gasteiger partial charge < -0.3 is 10.8 Å². The lowest BCUT2D eigenvalue weighted by Gasteiger charge is -2.35. The van der Waals surface area contributed by atoms with Crippen LogP contribution in [0.15, 0.2) is 0 Å². The molecule has 4 nitrogen and oxygen atoms in total. The molecule has 1 saturated heterocycles. The van der Waals surface area contributed by atoms with Crippen LogP contribution in [0, 0.1) is 5.92 Å². The van der Waals surface area contributed by atoms with Gasteiger partial charge in [0.1, 0.15) is 6.04 Å². The Bertz CT molecular complexity index is 238. The number of nitrogens with zero attached hydrogens (tertiary/aromatic N) is 1. The molecule has 0 amide bonds. The zero-order valence-electron chi connectivity index (χ0n) is 11.6. The van der Waals surface area contributed by atoms with Crippen LogP contribution in [0.4, 0.5) is 0 Å². The lowest BCUT2D eigenvalue weighted by molar-refractivity contribution is -0.144. The minimum Gasteiger partial charge on any atom is -0.480 e. The van der Waals surface area contributed by atoms with Crippen molar-refractivity contribution < 1.29 is 9.90 Å². The van der Waals surface area contributed by atoms with Crippen molar-refractivity contribution in [3.8, 4) is 0 Å². The molecule has 0 bridgehead atoms. The fraction of sp³-hybridized carbons (Fsp3) is 0.929. The van der Waals surface area contributed by atoms with E-state index in [9.17, 15) is 9.90 Å². The summed E-state index contributed by atoms with van der Waals surface area (Å²) in [7, 11) is 0. The van der Waals surface area contributed by atoms with E-state index in [1.165, 1.54) is 12.8 Å². The number of unbranched alkanes of at least 4 members (excludes halogenated alkanes) is 1. The zero-order valence-corrected chi connectivity index (χ0v) is 11.6. The van der Waals surface area contributed by atoms with Gasteiger partial charge in [0.25, 0.3) is 0 Å². The number of likely N-dealkylation sites (tertiary alicyclic amines) is 1. The molecule has 1 rings (SSSR count). The summed E-state index contributed by atoms with van der Waals surface area (Å²) in [5.41, 5.74) is 5.46. The van der Waals surface area contributed by atoms with Crippen LogP contribution in [0.3, 0.4) is 0 Å². The van der Waals surface area contributed by atoms with Gasteiger partial charge in [-0.2, -0.15) is 0 Å². The Morgan fingerprint density at radius 3 is 2.56 bits per heavy atom. The van der Waals surface area contributed by atoms with E-state index >= 15 is 0 Å². The van der Waals surface area contributed by atoms with Crippen molar-refractivity contribution in [3.63, 3.8) is 0 Å². The molecule has 0 saturated carbocycles. The molecule has 1 fully saturated rings. The summed E-state index contributed by atoms with van der Waals surface area (Å²) in [6.07, 6.45) is 7.44. The molecule has 0 aromatic rings. The summed E-state index contributed by atoms with van der Waals surface area (Å²) >= 11 is 0. The number of carboxylic acids is 1. The molecule has 1 aliphatic rings. The van der Waals surface area contributed by atoms with E-state index in [1.54, 1.807) is 0 Å². The van der Waals surface area contributed by atoms with Gasteiger partial charge in [0.05, 0.1) is 0 Å². The molecule has 1 atom stereocenters. The van der Waals surface area contributed by atoms with Crippen LogP contribution in [0.25, 0.3) is 0 Å². The Kier molecular flexibility index (Phi) is 7.28. The van der Waals surface area contributed by atoms with Crippen LogP contribution in [0.1, 0.15) is 51.9 Å². The maximum absolute atomic E-state index is 11.3. The second kappa shape index (κ2) is 8.48. The predicted molar refractivity (Wildman–Crippen MR) is 73.5 cm³/mol. The van der Waals surface area contributed by atoms with Gasteiger partial charge in [-0.25, -0.2) is 0 Å². The van der Waals surface area contributed by atoms with Crippen LogP contribution in [-0.2, 0) is 4.79 Å². The highest BCUT2D eigenvalue weighted by atomic mass is 16.4. The third kappa shape index (κ3) is 4.94. The van der Waals surface area contributed by atoms with Gasteiger partial charge in [-0.05, 0) is 51.2 Å². The number of hydrogen-bond acceptors (Lipinski definition) is 3. The molecular formula is C14H28N2O2. The Hall–Kier alpha value is -0.610. The quantitative estimate of drug-likeness (QED) is 0.653. The molecule has 4 heteroatoms. The fourth-order valence-corrected chi connectivity index (χ4v) is 2.91. The molecule has 1 heterocycles. The lowest BCUT2D eigenvalue weighted by atomic mass is 9.91. The number of aliphatic carboxylic acids is 1. The Morgan fingerprint density at radius 2 is 2.06 bits per heavy atom. The van der Waals surface area contributed by atoms with E-state index in [2.05, 4.69) is 11.8 Å². The summed E-state index contributed by atoms with van der Waals surface area (Å²) in [4.78, 5) is 13.5. The van der Waals surface area contributed by atoms with Crippen molar-refractivity contribution in [2.75, 3.05) is 19.6 Å². The average molecular weight is 256 g/mol. The largest absolute Gasteiger partial charge is 0.480 e. The monoisotopic (exact) mass is 256 g/mol. The molecule has 0 aliphatic carbocycles. The summed E-state index contributed by atoms with van der Waals surface area (Å²) in [5.74, 6) is 0.144. The van der Waals surface area contributed by atoms with Gasteiger partial charge in [-0.3, -0.25) is 9.69 Å². The first-order valence-corrected chi connectivity index (χ1v) is 7.36. The third-order valence-corrected chi connectivity index (χ3v) is 4.00. The lowest BCUT2D eigenvalue weighted by Crippen LogP contribution is -2.45. The Balaban J connectivity index is 2.38. The van der Waals surface area contributed by atoms with Gasteiger partial charge >= 0.3 is 5.97 Å². The molecule has 0 aromatic carbocycles. The van der Waals surface area contributed by atoms with E-state index in [-0.39, 0.29) is 6.04 Å². The second-order valence-electron chi connectivity index (χ2n) is 5.41. The summed E-state index contributed by atoms with van der Waals surface area (Å²) < 4.78 is 0. The Morgan fingerprint density at radius 1 is 1.39 bits per heavy atom. The van der Waals surface area contributed by atoms with Gasteiger partial charge in [0.15, 0.2) is 0 Å². The molecule has 0 aromatic heterocycles. The normalized spacial score (nSPS) is 19.9. The SMILES string of the molecule is CCCC1CCN(C(CCCCN)C(=O)O)CC1. The number of hydrogen-bond donors (Lipinski definition) is 2. The zero-order chi connectivity index (χ0) is 13.4. The molecule has 3 N–H and O–H groups in total. The van der Waals surface area contributed by atoms with Crippen molar-refractivity contribution in [1.29, 1.82) is 0 Å². The minimum absolute atomic E-state index is 0.292. The van der Waals surface area contributed by atoms with Crippen LogP contribution < -0.4 is 5.73 Å². The Labute approximate surface area is 111 Å². The summed E-state index contributed by atoms with van der Waals surface area (Å²) in [6, 6.07) is -0.292. The van der Waals surface area contributed by atoms with Gasteiger partial charge in [0.2, 0.25) is 0 Å². The first-order valence-electron chi connectivity index (χ1n) is 7.36. The average Bonchev–Trinajstić information content (AvgIpc) is 2.36. The minimum atomic E-state index is -0.666. The molecule has 0 radical (unpaired) electrons. The maximum Gasteiger partial charge on any atom is 0.320 e. The molecule has 1 aliphatic heterocycles. The van der Waals surface area contributed by atoms with Crippen molar-refractivity contribution in [2.45, 2.75) is 57.9 Å². The fourth-order valence-electron chi connectivity index (χ4n) is 2.91. The van der Waals surface area contributed by atoms with E-state index in [0.717, 1.165) is 51.1 Å². The second-order valence-corrected chi connectivity index (χ2v) is 5.41. The first-order chi connectivity index (χ1) is 8.69. The van der Waals surface area contributed by atoms with Gasteiger partial charge in [-0.15, -0.1) is 0 Å². The van der Waals surface area contributed by atoms with Crippen LogP contribution in [0.5, 0.6) is 0 Å². The van der Waals surface area contributed by atoms with Crippen molar-refractivity contribution >= 4 is 5.97 Å². The topological polar surface area (TPSA) is 66.6 Å². The van der Waals surface area contributed by atoms with Crippen molar-refractivity contribution in [2.24, 2.45) is 11.7 Å². The van der Waals surface area contributed by atoms with Gasteiger partial charge in [0, 0.05) is 0 Å². The number of carbonyl (C=O) groups is 1. The molecule has 18 heavy (non-hydrogen) atoms. The summed E-state index contributed by atoms with van der Waals surface area (Å²) in [6.45, 7) is 4.78. The van der Waals surface area contributed by atoms with Crippen LogP contribution in [0.2, 0.25) is 0 Å². The predicted octanol–water partition coefficient (Wildman–Crippen LogP) is 2.08. The summed E-state index contributed by atoms with van der Waals surface area (Å²) in [5, 5.41) is 9.32. The smallest absolute Gasteiger partial charge is 0.320 e. The number of carboxylic acid groups (broad SMARTS) is 1. The third-order valence-electron chi connectivity index (χ3n) is 4.00. The van der Waals surface area contributed by atoms with Gasteiger partial charge in [-0.1, -0.05) is 26.2 Å². The molecule has 106 valence electrons. The maximum atomic E-state index is 11.3. The van der Waals surface area contributed by atoms with Crippen LogP contribution in [-0.4, -0.2) is 41.7 Å². The molecule has 1 unspecified atom stereocenters. The molecular weight excluding hydrogens is 228 g/mol. The highest BCUT2D eigenvalue weighted by molar-refractivity contribution is 5.73. The van der Waals surface area contributed by atoms with Crippen LogP contribution >= 0.6 is 0 Å². The van der Waals surface area contributed by atoms with E-state index in [4.69, 9.17) is 5.73 Å².